The van der Waals surface area contributed by atoms with E-state index in [1.165, 1.54) is 0 Å². The summed E-state index contributed by atoms with van der Waals surface area (Å²) in [5, 5.41) is 25.0. The molecule has 31 heavy (non-hydrogen) atoms. The summed E-state index contributed by atoms with van der Waals surface area (Å²) in [6.45, 7) is 1.81. The molecule has 0 saturated heterocycles. The van der Waals surface area contributed by atoms with Gasteiger partial charge in [-0.05, 0) is 58.2 Å². The Balaban J connectivity index is -0.000000174. The first-order valence-electron chi connectivity index (χ1n) is 10.1. The van der Waals surface area contributed by atoms with Crippen LogP contribution in [0.25, 0.3) is 0 Å². The molecule has 186 valence electrons. The summed E-state index contributed by atoms with van der Waals surface area (Å²) >= 11 is 0. The van der Waals surface area contributed by atoms with Gasteiger partial charge in [0.05, 0.1) is 0 Å². The predicted octanol–water partition coefficient (Wildman–Crippen LogP) is -1.42. The fraction of sp³-hybridized carbons (Fsp3) is 0.833. The van der Waals surface area contributed by atoms with Crippen LogP contribution in [0.4, 0.5) is 0 Å². The summed E-state index contributed by atoms with van der Waals surface area (Å²) in [5.74, 6) is -2.80. The standard InChI is InChI=1S/3C6H14N2O2.Cr/c3*7-4-2-1-3-5(8)6(9)10;/h3*5H,1-4,7-8H2,(H,9,10);/t3*5-;/m000./s1. The Hall–Kier alpha value is -1.30. The maximum absolute atomic E-state index is 10.1. The summed E-state index contributed by atoms with van der Waals surface area (Å²) < 4.78 is 0. The van der Waals surface area contributed by atoms with Crippen molar-refractivity contribution in [1.29, 1.82) is 0 Å². The SMILES string of the molecule is NCCCC[C@H](N)C(=O)O.NCCCC[C@H](N)C(=O)O.NCCCC[C@H](N)C(=O)O.[Cr]. The summed E-state index contributed by atoms with van der Waals surface area (Å²) in [4.78, 5) is 30.4. The Morgan fingerprint density at radius 3 is 0.839 bits per heavy atom. The number of hydrogen-bond acceptors (Lipinski definition) is 9. The minimum absolute atomic E-state index is 0. The van der Waals surface area contributed by atoms with Crippen LogP contribution in [0.5, 0.6) is 0 Å². The zero-order chi connectivity index (χ0) is 23.9. The van der Waals surface area contributed by atoms with Gasteiger partial charge in [0.1, 0.15) is 18.1 Å². The molecule has 0 unspecified atom stereocenters. The molecule has 0 bridgehead atoms. The zero-order valence-electron chi connectivity index (χ0n) is 18.2. The van der Waals surface area contributed by atoms with Crippen molar-refractivity contribution in [3.05, 3.63) is 0 Å². The second kappa shape index (κ2) is 26.7. The van der Waals surface area contributed by atoms with E-state index in [0.29, 0.717) is 38.9 Å². The monoisotopic (exact) mass is 490 g/mol. The van der Waals surface area contributed by atoms with Gasteiger partial charge in [-0.2, -0.15) is 0 Å². The first-order valence-corrected chi connectivity index (χ1v) is 10.1. The van der Waals surface area contributed by atoms with Crippen LogP contribution in [0, 0.1) is 0 Å². The Kier molecular flexibility index (Phi) is 31.9. The van der Waals surface area contributed by atoms with E-state index in [1.54, 1.807) is 0 Å². The first-order chi connectivity index (χ1) is 14.0. The Morgan fingerprint density at radius 2 is 0.710 bits per heavy atom. The van der Waals surface area contributed by atoms with Crippen molar-refractivity contribution >= 4 is 17.9 Å². The molecule has 0 fully saturated rings. The average Bonchev–Trinajstić information content (AvgIpc) is 2.69. The van der Waals surface area contributed by atoms with Crippen LogP contribution in [0.15, 0.2) is 0 Å². The predicted molar refractivity (Wildman–Crippen MR) is 116 cm³/mol. The molecule has 15 N–H and O–H groups in total. The van der Waals surface area contributed by atoms with Crippen molar-refractivity contribution < 1.29 is 47.1 Å². The fourth-order valence-electron chi connectivity index (χ4n) is 1.90. The van der Waals surface area contributed by atoms with E-state index in [1.807, 2.05) is 0 Å². The van der Waals surface area contributed by atoms with Crippen LogP contribution in [-0.4, -0.2) is 71.0 Å². The topological polar surface area (TPSA) is 268 Å². The average molecular weight is 491 g/mol. The Morgan fingerprint density at radius 1 is 0.516 bits per heavy atom. The maximum Gasteiger partial charge on any atom is 0.320 e. The van der Waals surface area contributed by atoms with Crippen LogP contribution < -0.4 is 34.4 Å². The summed E-state index contributed by atoms with van der Waals surface area (Å²) in [5.41, 5.74) is 31.3. The van der Waals surface area contributed by atoms with Crippen molar-refractivity contribution in [3.8, 4) is 0 Å². The molecule has 0 rings (SSSR count). The molecular weight excluding hydrogens is 448 g/mol. The zero-order valence-corrected chi connectivity index (χ0v) is 19.4. The number of carboxylic acids is 3. The molecule has 0 aromatic carbocycles. The molecule has 0 radical (unpaired) electrons. The maximum atomic E-state index is 10.1. The van der Waals surface area contributed by atoms with Gasteiger partial charge in [0, 0.05) is 17.4 Å². The first kappa shape index (κ1) is 37.0. The van der Waals surface area contributed by atoms with Crippen molar-refractivity contribution in [2.75, 3.05) is 19.6 Å². The van der Waals surface area contributed by atoms with Crippen LogP contribution in [0.3, 0.4) is 0 Å². The Bertz CT molecular complexity index is 386. The van der Waals surface area contributed by atoms with Gasteiger partial charge in [-0.1, -0.05) is 19.3 Å². The molecule has 0 aromatic heterocycles. The number of carboxylic acid groups (broad SMARTS) is 3. The van der Waals surface area contributed by atoms with Gasteiger partial charge in [0.25, 0.3) is 0 Å². The van der Waals surface area contributed by atoms with Crippen LogP contribution >= 0.6 is 0 Å². The molecule has 0 amide bonds. The third-order valence-corrected chi connectivity index (χ3v) is 3.86. The molecule has 0 saturated carbocycles. The van der Waals surface area contributed by atoms with Crippen LogP contribution in [0.1, 0.15) is 57.8 Å². The number of carbonyl (C=O) groups is 3. The minimum Gasteiger partial charge on any atom is -0.480 e. The van der Waals surface area contributed by atoms with E-state index in [9.17, 15) is 14.4 Å². The van der Waals surface area contributed by atoms with Gasteiger partial charge < -0.3 is 49.7 Å². The molecule has 0 aromatic rings. The Labute approximate surface area is 195 Å². The minimum atomic E-state index is -0.933. The third-order valence-electron chi connectivity index (χ3n) is 3.86. The van der Waals surface area contributed by atoms with E-state index >= 15 is 0 Å². The van der Waals surface area contributed by atoms with E-state index < -0.39 is 36.0 Å². The van der Waals surface area contributed by atoms with Gasteiger partial charge >= 0.3 is 17.9 Å². The van der Waals surface area contributed by atoms with E-state index in [2.05, 4.69) is 0 Å². The molecule has 0 aliphatic heterocycles. The van der Waals surface area contributed by atoms with E-state index in [-0.39, 0.29) is 17.4 Å². The number of aliphatic carboxylic acids is 3. The molecule has 13 heteroatoms. The van der Waals surface area contributed by atoms with Crippen LogP contribution in [0.2, 0.25) is 0 Å². The molecule has 0 aliphatic rings. The van der Waals surface area contributed by atoms with E-state index in [0.717, 1.165) is 38.5 Å². The van der Waals surface area contributed by atoms with Crippen molar-refractivity contribution in [3.63, 3.8) is 0 Å². The van der Waals surface area contributed by atoms with Gasteiger partial charge in [0.15, 0.2) is 0 Å². The van der Waals surface area contributed by atoms with Crippen molar-refractivity contribution in [2.24, 2.45) is 34.4 Å². The third kappa shape index (κ3) is 31.0. The second-order valence-electron chi connectivity index (χ2n) is 6.69. The van der Waals surface area contributed by atoms with Crippen LogP contribution in [-0.2, 0) is 31.7 Å². The molecule has 0 spiro atoms. The normalized spacial score (nSPS) is 12.6. The largest absolute Gasteiger partial charge is 0.480 e. The number of unbranched alkanes of at least 4 members (excludes halogenated alkanes) is 3. The van der Waals surface area contributed by atoms with Gasteiger partial charge in [-0.3, -0.25) is 14.4 Å². The second-order valence-corrected chi connectivity index (χ2v) is 6.69. The number of hydrogen-bond donors (Lipinski definition) is 9. The fourth-order valence-corrected chi connectivity index (χ4v) is 1.90. The number of rotatable bonds is 15. The van der Waals surface area contributed by atoms with Gasteiger partial charge in [0.2, 0.25) is 0 Å². The van der Waals surface area contributed by atoms with Crippen molar-refractivity contribution in [2.45, 2.75) is 75.9 Å². The number of nitrogens with two attached hydrogens (primary N) is 6. The quantitative estimate of drug-likeness (QED) is 0.120. The van der Waals surface area contributed by atoms with Gasteiger partial charge in [-0.25, -0.2) is 0 Å². The van der Waals surface area contributed by atoms with Gasteiger partial charge in [-0.15, -0.1) is 0 Å². The molecule has 0 heterocycles. The van der Waals surface area contributed by atoms with Crippen molar-refractivity contribution in [1.82, 2.24) is 0 Å². The summed E-state index contributed by atoms with van der Waals surface area (Å²) in [6, 6.07) is -2.15. The molecule has 12 nitrogen and oxygen atoms in total. The molecule has 3 atom stereocenters. The van der Waals surface area contributed by atoms with E-state index in [4.69, 9.17) is 49.7 Å². The molecule has 0 aliphatic carbocycles. The smallest absolute Gasteiger partial charge is 0.320 e. The molecular formula is C18H42CrN6O6. The summed E-state index contributed by atoms with van der Waals surface area (Å²) in [6.07, 6.45) is 6.49. The summed E-state index contributed by atoms with van der Waals surface area (Å²) in [7, 11) is 0.